The van der Waals surface area contributed by atoms with E-state index in [0.717, 1.165) is 25.4 Å². The Balaban J connectivity index is 2.76. The molecule has 3 heteroatoms. The van der Waals surface area contributed by atoms with Crippen molar-refractivity contribution in [3.05, 3.63) is 17.5 Å². The number of hydrogen-bond donors (Lipinski definition) is 1. The number of aryl methyl sites for hydroxylation is 2. The fourth-order valence-corrected chi connectivity index (χ4v) is 2.52. The smallest absolute Gasteiger partial charge is 0.0625 e. The van der Waals surface area contributed by atoms with Crippen LogP contribution in [0.15, 0.2) is 6.07 Å². The maximum absolute atomic E-state index is 4.67. The lowest BCUT2D eigenvalue weighted by atomic mass is 10.0. The average molecular weight is 265 g/mol. The maximum atomic E-state index is 4.67. The van der Waals surface area contributed by atoms with E-state index >= 15 is 0 Å². The summed E-state index contributed by atoms with van der Waals surface area (Å²) in [5.74, 6) is 0.796. The normalized spacial score (nSPS) is 13.2. The van der Waals surface area contributed by atoms with Crippen LogP contribution in [-0.4, -0.2) is 16.3 Å². The van der Waals surface area contributed by atoms with E-state index in [1.165, 1.54) is 30.7 Å². The van der Waals surface area contributed by atoms with E-state index < -0.39 is 0 Å². The second kappa shape index (κ2) is 8.36. The second-order valence-electron chi connectivity index (χ2n) is 5.66. The summed E-state index contributed by atoms with van der Waals surface area (Å²) in [5, 5.41) is 8.29. The van der Waals surface area contributed by atoms with Crippen molar-refractivity contribution in [2.24, 2.45) is 5.92 Å². The summed E-state index contributed by atoms with van der Waals surface area (Å²) in [6.07, 6.45) is 4.82. The maximum Gasteiger partial charge on any atom is 0.0625 e. The van der Waals surface area contributed by atoms with Crippen LogP contribution in [-0.2, 0) is 13.0 Å². The molecule has 1 N–H and O–H groups in total. The summed E-state index contributed by atoms with van der Waals surface area (Å²) in [6, 6.07) is 2.74. The molecule has 1 rings (SSSR count). The van der Waals surface area contributed by atoms with Crippen molar-refractivity contribution in [2.45, 2.75) is 72.9 Å². The fraction of sp³-hybridized carbons (Fsp3) is 0.812. The van der Waals surface area contributed by atoms with Crippen molar-refractivity contribution in [2.75, 3.05) is 6.54 Å². The molecule has 19 heavy (non-hydrogen) atoms. The Morgan fingerprint density at radius 2 is 1.95 bits per heavy atom. The second-order valence-corrected chi connectivity index (χ2v) is 5.66. The van der Waals surface area contributed by atoms with Crippen LogP contribution in [0.25, 0.3) is 0 Å². The van der Waals surface area contributed by atoms with E-state index in [9.17, 15) is 0 Å². The molecule has 110 valence electrons. The molecule has 0 amide bonds. The van der Waals surface area contributed by atoms with Crippen LogP contribution in [0.3, 0.4) is 0 Å². The minimum absolute atomic E-state index is 0.455. The molecule has 1 aromatic heterocycles. The fourth-order valence-electron chi connectivity index (χ4n) is 2.52. The van der Waals surface area contributed by atoms with Crippen LogP contribution in [0.1, 0.15) is 71.3 Å². The molecule has 0 saturated heterocycles. The van der Waals surface area contributed by atoms with Crippen LogP contribution >= 0.6 is 0 Å². The molecule has 0 radical (unpaired) electrons. The first kappa shape index (κ1) is 16.2. The lowest BCUT2D eigenvalue weighted by Gasteiger charge is -2.19. The highest BCUT2D eigenvalue weighted by Crippen LogP contribution is 2.22. The molecule has 0 bridgehead atoms. The predicted molar refractivity (Wildman–Crippen MR) is 82.4 cm³/mol. The zero-order valence-corrected chi connectivity index (χ0v) is 13.4. The monoisotopic (exact) mass is 265 g/mol. The van der Waals surface area contributed by atoms with Crippen LogP contribution in [0.4, 0.5) is 0 Å². The average Bonchev–Trinajstić information content (AvgIpc) is 2.80. The standard InChI is InChI=1S/C16H31N3/c1-6-14-12-16(19(8-3)18-14)15(17-7-2)11-9-10-13(4)5/h12-13,15,17H,6-11H2,1-5H3. The van der Waals surface area contributed by atoms with Gasteiger partial charge >= 0.3 is 0 Å². The summed E-state index contributed by atoms with van der Waals surface area (Å²) in [5.41, 5.74) is 2.58. The first-order chi connectivity index (χ1) is 9.12. The van der Waals surface area contributed by atoms with Gasteiger partial charge in [-0.05, 0) is 38.3 Å². The van der Waals surface area contributed by atoms with Gasteiger partial charge in [-0.3, -0.25) is 4.68 Å². The minimum Gasteiger partial charge on any atom is -0.309 e. The van der Waals surface area contributed by atoms with Gasteiger partial charge in [0.1, 0.15) is 0 Å². The van der Waals surface area contributed by atoms with Crippen LogP contribution in [0.2, 0.25) is 0 Å². The van der Waals surface area contributed by atoms with Gasteiger partial charge < -0.3 is 5.32 Å². The van der Waals surface area contributed by atoms with Crippen molar-refractivity contribution in [1.29, 1.82) is 0 Å². The molecule has 3 nitrogen and oxygen atoms in total. The molecule has 0 aliphatic carbocycles. The Labute approximate surface area is 118 Å². The van der Waals surface area contributed by atoms with Gasteiger partial charge in [0.15, 0.2) is 0 Å². The van der Waals surface area contributed by atoms with Gasteiger partial charge in [0, 0.05) is 12.6 Å². The zero-order chi connectivity index (χ0) is 14.3. The number of nitrogens with one attached hydrogen (secondary N) is 1. The molecule has 0 aliphatic heterocycles. The van der Waals surface area contributed by atoms with Crippen LogP contribution in [0.5, 0.6) is 0 Å². The number of nitrogens with zero attached hydrogens (tertiary/aromatic N) is 2. The van der Waals surface area contributed by atoms with Crippen LogP contribution in [0, 0.1) is 5.92 Å². The van der Waals surface area contributed by atoms with E-state index in [0.29, 0.717) is 6.04 Å². The van der Waals surface area contributed by atoms with Gasteiger partial charge in [-0.25, -0.2) is 0 Å². The van der Waals surface area contributed by atoms with Gasteiger partial charge in [-0.1, -0.05) is 40.5 Å². The van der Waals surface area contributed by atoms with Crippen molar-refractivity contribution < 1.29 is 0 Å². The van der Waals surface area contributed by atoms with E-state index in [1.54, 1.807) is 0 Å². The highest BCUT2D eigenvalue weighted by atomic mass is 15.3. The van der Waals surface area contributed by atoms with Gasteiger partial charge in [0.2, 0.25) is 0 Å². The topological polar surface area (TPSA) is 29.9 Å². The highest BCUT2D eigenvalue weighted by Gasteiger charge is 2.16. The largest absolute Gasteiger partial charge is 0.309 e. The van der Waals surface area contributed by atoms with Crippen molar-refractivity contribution >= 4 is 0 Å². The van der Waals surface area contributed by atoms with Crippen molar-refractivity contribution in [3.63, 3.8) is 0 Å². The van der Waals surface area contributed by atoms with E-state index in [-0.39, 0.29) is 0 Å². The Morgan fingerprint density at radius 1 is 1.21 bits per heavy atom. The Kier molecular flexibility index (Phi) is 7.14. The highest BCUT2D eigenvalue weighted by molar-refractivity contribution is 5.14. The van der Waals surface area contributed by atoms with Crippen LogP contribution < -0.4 is 5.32 Å². The molecule has 1 atom stereocenters. The number of aromatic nitrogens is 2. The molecule has 1 heterocycles. The predicted octanol–water partition coefficient (Wildman–Crippen LogP) is 3.94. The van der Waals surface area contributed by atoms with E-state index in [2.05, 4.69) is 55.8 Å². The molecular formula is C16H31N3. The third-order valence-corrected chi connectivity index (χ3v) is 3.61. The Morgan fingerprint density at radius 3 is 2.47 bits per heavy atom. The Bertz CT molecular complexity index is 355. The summed E-state index contributed by atoms with van der Waals surface area (Å²) in [7, 11) is 0. The summed E-state index contributed by atoms with van der Waals surface area (Å²) in [6.45, 7) is 13.1. The first-order valence-corrected chi connectivity index (χ1v) is 7.92. The van der Waals surface area contributed by atoms with Gasteiger partial charge in [0.25, 0.3) is 0 Å². The number of rotatable bonds is 9. The van der Waals surface area contributed by atoms with E-state index in [1.807, 2.05) is 0 Å². The molecule has 1 aromatic rings. The minimum atomic E-state index is 0.455. The lowest BCUT2D eigenvalue weighted by molar-refractivity contribution is 0.429. The lowest BCUT2D eigenvalue weighted by Crippen LogP contribution is -2.23. The number of hydrogen-bond acceptors (Lipinski definition) is 2. The summed E-state index contributed by atoms with van der Waals surface area (Å²) < 4.78 is 2.17. The molecule has 0 aromatic carbocycles. The molecule has 0 saturated carbocycles. The summed E-state index contributed by atoms with van der Waals surface area (Å²) >= 11 is 0. The third-order valence-electron chi connectivity index (χ3n) is 3.61. The SMILES string of the molecule is CCNC(CCCC(C)C)c1cc(CC)nn1CC. The van der Waals surface area contributed by atoms with Crippen molar-refractivity contribution in [3.8, 4) is 0 Å². The van der Waals surface area contributed by atoms with Gasteiger partial charge in [-0.2, -0.15) is 5.10 Å². The molecule has 0 spiro atoms. The third kappa shape index (κ3) is 4.98. The van der Waals surface area contributed by atoms with Crippen molar-refractivity contribution in [1.82, 2.24) is 15.1 Å². The molecule has 0 fully saturated rings. The van der Waals surface area contributed by atoms with Gasteiger partial charge in [-0.15, -0.1) is 0 Å². The molecule has 1 unspecified atom stereocenters. The van der Waals surface area contributed by atoms with Gasteiger partial charge in [0.05, 0.1) is 11.4 Å². The zero-order valence-electron chi connectivity index (χ0n) is 13.4. The molecular weight excluding hydrogens is 234 g/mol. The first-order valence-electron chi connectivity index (χ1n) is 7.92. The quantitative estimate of drug-likeness (QED) is 0.733. The summed E-state index contributed by atoms with van der Waals surface area (Å²) in [4.78, 5) is 0. The van der Waals surface area contributed by atoms with E-state index in [4.69, 9.17) is 0 Å². The molecule has 0 aliphatic rings. The Hall–Kier alpha value is -0.830.